The Morgan fingerprint density at radius 1 is 1.35 bits per heavy atom. The van der Waals surface area contributed by atoms with Crippen molar-refractivity contribution in [3.63, 3.8) is 0 Å². The molecular formula is C13H14N2O2. The number of pyridine rings is 1. The molecule has 0 saturated carbocycles. The van der Waals surface area contributed by atoms with E-state index in [1.807, 2.05) is 18.2 Å². The normalized spacial score (nSPS) is 10.6. The molecule has 0 atom stereocenters. The third-order valence-electron chi connectivity index (χ3n) is 2.64. The topological polar surface area (TPSA) is 76.2 Å². The van der Waals surface area contributed by atoms with Gasteiger partial charge in [0.25, 0.3) is 0 Å². The number of rotatable bonds is 4. The molecule has 0 radical (unpaired) electrons. The first-order valence-electron chi connectivity index (χ1n) is 5.54. The van der Waals surface area contributed by atoms with Gasteiger partial charge in [-0.1, -0.05) is 18.2 Å². The Morgan fingerprint density at radius 3 is 2.82 bits per heavy atom. The zero-order chi connectivity index (χ0) is 12.3. The number of hydrogen-bond acceptors (Lipinski definition) is 3. The Hall–Kier alpha value is -1.94. The Balaban J connectivity index is 2.55. The monoisotopic (exact) mass is 230 g/mol. The van der Waals surface area contributed by atoms with E-state index in [4.69, 9.17) is 5.73 Å². The van der Waals surface area contributed by atoms with E-state index in [1.165, 1.54) is 0 Å². The number of nitrogens with two attached hydrogens (primary N) is 1. The van der Waals surface area contributed by atoms with Crippen molar-refractivity contribution in [2.24, 2.45) is 5.73 Å². The van der Waals surface area contributed by atoms with Crippen LogP contribution in [0.15, 0.2) is 30.3 Å². The van der Waals surface area contributed by atoms with E-state index in [2.05, 4.69) is 4.98 Å². The number of aromatic nitrogens is 1. The van der Waals surface area contributed by atoms with Crippen LogP contribution in [-0.2, 0) is 6.42 Å². The van der Waals surface area contributed by atoms with E-state index in [9.17, 15) is 9.90 Å². The molecule has 1 aromatic heterocycles. The molecule has 0 aliphatic heterocycles. The largest absolute Gasteiger partial charge is 0.478 e. The summed E-state index contributed by atoms with van der Waals surface area (Å²) in [5.74, 6) is -0.919. The average Bonchev–Trinajstić information content (AvgIpc) is 2.35. The lowest BCUT2D eigenvalue weighted by Crippen LogP contribution is -2.05. The fourth-order valence-corrected chi connectivity index (χ4v) is 1.82. The highest BCUT2D eigenvalue weighted by Crippen LogP contribution is 2.19. The molecule has 1 aromatic carbocycles. The van der Waals surface area contributed by atoms with Crippen molar-refractivity contribution in [1.82, 2.24) is 4.98 Å². The summed E-state index contributed by atoms with van der Waals surface area (Å²) in [5.41, 5.74) is 7.26. The lowest BCUT2D eigenvalue weighted by Gasteiger charge is -2.06. The summed E-state index contributed by atoms with van der Waals surface area (Å²) in [7, 11) is 0. The predicted octanol–water partition coefficient (Wildman–Crippen LogP) is 1.82. The lowest BCUT2D eigenvalue weighted by atomic mass is 10.1. The second-order valence-electron chi connectivity index (χ2n) is 3.88. The fourth-order valence-electron chi connectivity index (χ4n) is 1.82. The quantitative estimate of drug-likeness (QED) is 0.840. The fraction of sp³-hybridized carbons (Fsp3) is 0.231. The molecule has 4 nitrogen and oxygen atoms in total. The standard InChI is InChI=1S/C13H14N2O2/c14-7-3-4-9-8-11(13(16)17)10-5-1-2-6-12(10)15-9/h1-2,5-6,8H,3-4,7,14H2,(H,16,17). The van der Waals surface area contributed by atoms with E-state index < -0.39 is 5.97 Å². The summed E-state index contributed by atoms with van der Waals surface area (Å²) in [6, 6.07) is 8.91. The number of aryl methyl sites for hydroxylation is 1. The van der Waals surface area contributed by atoms with Gasteiger partial charge in [0.2, 0.25) is 0 Å². The van der Waals surface area contributed by atoms with Crippen molar-refractivity contribution in [2.75, 3.05) is 6.54 Å². The molecule has 0 aliphatic carbocycles. The molecule has 0 unspecified atom stereocenters. The molecule has 17 heavy (non-hydrogen) atoms. The van der Waals surface area contributed by atoms with Crippen LogP contribution in [0.3, 0.4) is 0 Å². The van der Waals surface area contributed by atoms with Gasteiger partial charge in [-0.3, -0.25) is 4.98 Å². The minimum atomic E-state index is -0.919. The summed E-state index contributed by atoms with van der Waals surface area (Å²) >= 11 is 0. The van der Waals surface area contributed by atoms with Crippen molar-refractivity contribution < 1.29 is 9.90 Å². The van der Waals surface area contributed by atoms with Crippen molar-refractivity contribution in [1.29, 1.82) is 0 Å². The number of carbonyl (C=O) groups is 1. The molecule has 3 N–H and O–H groups in total. The van der Waals surface area contributed by atoms with Gasteiger partial charge in [-0.15, -0.1) is 0 Å². The van der Waals surface area contributed by atoms with Gasteiger partial charge in [-0.05, 0) is 31.5 Å². The van der Waals surface area contributed by atoms with Crippen LogP contribution in [0, 0.1) is 0 Å². The van der Waals surface area contributed by atoms with Crippen molar-refractivity contribution in [3.05, 3.63) is 41.6 Å². The number of para-hydroxylation sites is 1. The molecule has 4 heteroatoms. The third kappa shape index (κ3) is 2.42. The molecule has 0 bridgehead atoms. The maximum Gasteiger partial charge on any atom is 0.336 e. The second-order valence-corrected chi connectivity index (χ2v) is 3.88. The van der Waals surface area contributed by atoms with E-state index in [0.29, 0.717) is 23.9 Å². The van der Waals surface area contributed by atoms with Gasteiger partial charge in [0, 0.05) is 11.1 Å². The average molecular weight is 230 g/mol. The van der Waals surface area contributed by atoms with Crippen molar-refractivity contribution in [3.8, 4) is 0 Å². The first-order valence-corrected chi connectivity index (χ1v) is 5.54. The lowest BCUT2D eigenvalue weighted by molar-refractivity contribution is 0.0699. The van der Waals surface area contributed by atoms with Crippen LogP contribution in [0.5, 0.6) is 0 Å². The number of hydrogen-bond donors (Lipinski definition) is 2. The Labute approximate surface area is 99.1 Å². The highest BCUT2D eigenvalue weighted by Gasteiger charge is 2.10. The number of carboxylic acid groups (broad SMARTS) is 1. The number of carboxylic acids is 1. The summed E-state index contributed by atoms with van der Waals surface area (Å²) in [6.45, 7) is 0.580. The molecule has 0 amide bonds. The third-order valence-corrected chi connectivity index (χ3v) is 2.64. The molecule has 0 spiro atoms. The molecular weight excluding hydrogens is 216 g/mol. The predicted molar refractivity (Wildman–Crippen MR) is 66.1 cm³/mol. The van der Waals surface area contributed by atoms with Gasteiger partial charge >= 0.3 is 5.97 Å². The molecule has 2 rings (SSSR count). The summed E-state index contributed by atoms with van der Waals surface area (Å²) < 4.78 is 0. The molecule has 0 saturated heterocycles. The van der Waals surface area contributed by atoms with Crippen LogP contribution in [0.1, 0.15) is 22.5 Å². The minimum absolute atomic E-state index is 0.308. The van der Waals surface area contributed by atoms with E-state index in [-0.39, 0.29) is 0 Å². The van der Waals surface area contributed by atoms with Gasteiger partial charge in [-0.2, -0.15) is 0 Å². The van der Waals surface area contributed by atoms with Gasteiger partial charge < -0.3 is 10.8 Å². The highest BCUT2D eigenvalue weighted by atomic mass is 16.4. The second kappa shape index (κ2) is 4.93. The van der Waals surface area contributed by atoms with Crippen LogP contribution >= 0.6 is 0 Å². The molecule has 88 valence electrons. The highest BCUT2D eigenvalue weighted by molar-refractivity contribution is 6.02. The van der Waals surface area contributed by atoms with E-state index >= 15 is 0 Å². The minimum Gasteiger partial charge on any atom is -0.478 e. The maximum atomic E-state index is 11.2. The Bertz CT molecular complexity index is 552. The van der Waals surface area contributed by atoms with Crippen LogP contribution < -0.4 is 5.73 Å². The van der Waals surface area contributed by atoms with Crippen molar-refractivity contribution >= 4 is 16.9 Å². The molecule has 0 aliphatic rings. The van der Waals surface area contributed by atoms with Crippen LogP contribution in [0.25, 0.3) is 10.9 Å². The summed E-state index contributed by atoms with van der Waals surface area (Å²) in [4.78, 5) is 15.6. The van der Waals surface area contributed by atoms with Gasteiger partial charge in [0.15, 0.2) is 0 Å². The number of aromatic carboxylic acids is 1. The SMILES string of the molecule is NCCCc1cc(C(=O)O)c2ccccc2n1. The smallest absolute Gasteiger partial charge is 0.336 e. The van der Waals surface area contributed by atoms with Crippen LogP contribution in [0.2, 0.25) is 0 Å². The van der Waals surface area contributed by atoms with Gasteiger partial charge in [-0.25, -0.2) is 4.79 Å². The maximum absolute atomic E-state index is 11.2. The Kier molecular flexibility index (Phi) is 3.35. The number of benzene rings is 1. The Morgan fingerprint density at radius 2 is 2.12 bits per heavy atom. The van der Waals surface area contributed by atoms with Gasteiger partial charge in [0.1, 0.15) is 0 Å². The molecule has 0 fully saturated rings. The first kappa shape index (κ1) is 11.5. The zero-order valence-electron chi connectivity index (χ0n) is 9.39. The van der Waals surface area contributed by atoms with Gasteiger partial charge in [0.05, 0.1) is 11.1 Å². The number of fused-ring (bicyclic) bond motifs is 1. The first-order chi connectivity index (χ1) is 8.22. The van der Waals surface area contributed by atoms with E-state index in [0.717, 1.165) is 17.6 Å². The van der Waals surface area contributed by atoms with Crippen LogP contribution in [-0.4, -0.2) is 22.6 Å². The van der Waals surface area contributed by atoms with Crippen LogP contribution in [0.4, 0.5) is 0 Å². The summed E-state index contributed by atoms with van der Waals surface area (Å²) in [6.07, 6.45) is 1.52. The summed E-state index contributed by atoms with van der Waals surface area (Å²) in [5, 5.41) is 9.86. The van der Waals surface area contributed by atoms with Crippen molar-refractivity contribution in [2.45, 2.75) is 12.8 Å². The molecule has 2 aromatic rings. The number of nitrogens with zero attached hydrogens (tertiary/aromatic N) is 1. The molecule has 1 heterocycles. The zero-order valence-corrected chi connectivity index (χ0v) is 9.39. The van der Waals surface area contributed by atoms with E-state index in [1.54, 1.807) is 12.1 Å².